The predicted molar refractivity (Wildman–Crippen MR) is 115 cm³/mol. The molecule has 4 rings (SSSR count). The highest BCUT2D eigenvalue weighted by atomic mass is 31.2. The summed E-state index contributed by atoms with van der Waals surface area (Å²) in [4.78, 5) is 9.45. The molecule has 0 saturated carbocycles. The van der Waals surface area contributed by atoms with Crippen LogP contribution in [0.2, 0.25) is 0 Å². The summed E-state index contributed by atoms with van der Waals surface area (Å²) in [5.41, 5.74) is 10.1. The second-order valence-electron chi connectivity index (χ2n) is 6.89. The van der Waals surface area contributed by atoms with Gasteiger partial charge >= 0.3 is 8.60 Å². The first-order chi connectivity index (χ1) is 15.1. The summed E-state index contributed by atoms with van der Waals surface area (Å²) >= 11 is 0. The van der Waals surface area contributed by atoms with E-state index in [1.54, 1.807) is 17.0 Å². The van der Waals surface area contributed by atoms with Crippen molar-refractivity contribution in [1.82, 2.24) is 5.16 Å². The van der Waals surface area contributed by atoms with Crippen LogP contribution in [0.15, 0.2) is 76.0 Å². The molecule has 31 heavy (non-hydrogen) atoms. The van der Waals surface area contributed by atoms with Crippen molar-refractivity contribution in [1.29, 1.82) is 0 Å². The molecule has 0 amide bonds. The molecule has 0 aliphatic rings. The molecule has 1 aromatic carbocycles. The number of furan rings is 1. The van der Waals surface area contributed by atoms with Crippen molar-refractivity contribution in [2.45, 2.75) is 19.6 Å². The van der Waals surface area contributed by atoms with E-state index in [1.165, 1.54) is 12.7 Å². The lowest BCUT2D eigenvalue weighted by Gasteiger charge is -2.08. The standard InChI is InChI=1S/C22H22N3O5P/c1-27-31(26)29-15-25-10-2-5-20(22(25)23)21-14-18(24-30-21)12-16-6-8-17(9-7-16)13-19-4-3-11-28-19/h2-11,14,23,26H,12-13,15H2,1H3/p+1. The van der Waals surface area contributed by atoms with Gasteiger partial charge in [0.2, 0.25) is 0 Å². The van der Waals surface area contributed by atoms with E-state index in [2.05, 4.69) is 29.4 Å². The van der Waals surface area contributed by atoms with Gasteiger partial charge in [-0.2, -0.15) is 0 Å². The first-order valence-electron chi connectivity index (χ1n) is 9.62. The summed E-state index contributed by atoms with van der Waals surface area (Å²) in [6, 6.07) is 17.7. The van der Waals surface area contributed by atoms with E-state index in [1.807, 2.05) is 30.3 Å². The summed E-state index contributed by atoms with van der Waals surface area (Å²) in [6.07, 6.45) is 4.84. The zero-order valence-corrected chi connectivity index (χ0v) is 17.9. The molecule has 0 radical (unpaired) electrons. The van der Waals surface area contributed by atoms with Gasteiger partial charge in [-0.3, -0.25) is 10.3 Å². The lowest BCUT2D eigenvalue weighted by Crippen LogP contribution is -2.37. The third kappa shape index (κ3) is 5.37. The highest BCUT2D eigenvalue weighted by molar-refractivity contribution is 7.40. The molecule has 3 N–H and O–H groups in total. The Labute approximate surface area is 180 Å². The lowest BCUT2D eigenvalue weighted by molar-refractivity contribution is -0.711. The van der Waals surface area contributed by atoms with Crippen molar-refractivity contribution in [3.05, 3.63) is 89.6 Å². The highest BCUT2D eigenvalue weighted by Crippen LogP contribution is 2.31. The molecule has 1 atom stereocenters. The molecule has 8 nitrogen and oxygen atoms in total. The lowest BCUT2D eigenvalue weighted by atomic mass is 10.0. The summed E-state index contributed by atoms with van der Waals surface area (Å²) < 4.78 is 22.5. The maximum Gasteiger partial charge on any atom is 0.332 e. The third-order valence-electron chi connectivity index (χ3n) is 4.77. The molecule has 3 aromatic heterocycles. The summed E-state index contributed by atoms with van der Waals surface area (Å²) in [7, 11) is -0.561. The van der Waals surface area contributed by atoms with Gasteiger partial charge in [0.15, 0.2) is 12.5 Å². The van der Waals surface area contributed by atoms with E-state index in [-0.39, 0.29) is 6.73 Å². The van der Waals surface area contributed by atoms with Gasteiger partial charge in [-0.25, -0.2) is 4.57 Å². The van der Waals surface area contributed by atoms with Crippen molar-refractivity contribution in [2.24, 2.45) is 0 Å². The van der Waals surface area contributed by atoms with Gasteiger partial charge in [-0.05, 0) is 35.4 Å². The first kappa shape index (κ1) is 21.2. The minimum absolute atomic E-state index is 0.0566. The highest BCUT2D eigenvalue weighted by Gasteiger charge is 2.18. The summed E-state index contributed by atoms with van der Waals surface area (Å²) in [5, 5.41) is 4.19. The Balaban J connectivity index is 1.43. The molecule has 0 aliphatic carbocycles. The largest absolute Gasteiger partial charge is 0.469 e. The van der Waals surface area contributed by atoms with Crippen LogP contribution in [0, 0.1) is 0 Å². The molecule has 0 aliphatic heterocycles. The number of pyridine rings is 1. The Morgan fingerprint density at radius 2 is 1.87 bits per heavy atom. The topological polar surface area (TPSA) is 108 Å². The van der Waals surface area contributed by atoms with E-state index in [9.17, 15) is 4.89 Å². The summed E-state index contributed by atoms with van der Waals surface area (Å²) in [6.45, 7) is 0.0566. The quantitative estimate of drug-likeness (QED) is 0.301. The predicted octanol–water partition coefficient (Wildman–Crippen LogP) is 3.83. The monoisotopic (exact) mass is 440 g/mol. The summed E-state index contributed by atoms with van der Waals surface area (Å²) in [5.74, 6) is 1.94. The fourth-order valence-electron chi connectivity index (χ4n) is 3.17. The van der Waals surface area contributed by atoms with Gasteiger partial charge < -0.3 is 18.4 Å². The zero-order valence-electron chi connectivity index (χ0n) is 17.0. The number of aromatic nitrogens is 2. The van der Waals surface area contributed by atoms with Gasteiger partial charge in [-0.15, -0.1) is 0 Å². The zero-order chi connectivity index (χ0) is 21.6. The molecule has 0 fully saturated rings. The molecule has 9 heteroatoms. The Kier molecular flexibility index (Phi) is 6.74. The van der Waals surface area contributed by atoms with Crippen molar-refractivity contribution in [3.63, 3.8) is 0 Å². The van der Waals surface area contributed by atoms with Crippen molar-refractivity contribution in [3.8, 4) is 11.3 Å². The number of benzene rings is 1. The maximum absolute atomic E-state index is 9.45. The van der Waals surface area contributed by atoms with Crippen LogP contribution in [0.3, 0.4) is 0 Å². The van der Waals surface area contributed by atoms with E-state index in [0.29, 0.717) is 23.6 Å². The van der Waals surface area contributed by atoms with Crippen molar-refractivity contribution >= 4 is 14.4 Å². The molecule has 160 valence electrons. The van der Waals surface area contributed by atoms with Crippen LogP contribution < -0.4 is 10.3 Å². The van der Waals surface area contributed by atoms with Crippen molar-refractivity contribution < 1.29 is 27.4 Å². The molecule has 3 heterocycles. The number of rotatable bonds is 9. The van der Waals surface area contributed by atoms with E-state index >= 15 is 0 Å². The molecular formula is C22H23N3O5P+. The number of hydrogen-bond donors (Lipinski definition) is 2. The van der Waals surface area contributed by atoms with E-state index < -0.39 is 8.60 Å². The minimum Gasteiger partial charge on any atom is -0.469 e. The van der Waals surface area contributed by atoms with Crippen LogP contribution >= 0.6 is 8.60 Å². The number of nitrogen functional groups attached to an aromatic ring is 1. The van der Waals surface area contributed by atoms with Gasteiger partial charge in [-0.1, -0.05) is 29.4 Å². The van der Waals surface area contributed by atoms with Crippen LogP contribution in [0.4, 0.5) is 5.82 Å². The average Bonchev–Trinajstić information content (AvgIpc) is 3.46. The number of nitrogens with zero attached hydrogens (tertiary/aromatic N) is 2. The van der Waals surface area contributed by atoms with Gasteiger partial charge in [0.05, 0.1) is 18.2 Å². The van der Waals surface area contributed by atoms with Crippen LogP contribution in [0.25, 0.3) is 11.3 Å². The normalized spacial score (nSPS) is 12.2. The average molecular weight is 440 g/mol. The Morgan fingerprint density at radius 1 is 1.10 bits per heavy atom. The van der Waals surface area contributed by atoms with Crippen LogP contribution in [-0.4, -0.2) is 17.2 Å². The minimum atomic E-state index is -1.93. The number of anilines is 1. The molecule has 1 unspecified atom stereocenters. The first-order valence-corrected chi connectivity index (χ1v) is 10.8. The van der Waals surface area contributed by atoms with E-state index in [0.717, 1.165) is 23.4 Å². The van der Waals surface area contributed by atoms with Gasteiger partial charge in [0, 0.05) is 26.0 Å². The Hall–Kier alpha value is -3.03. The van der Waals surface area contributed by atoms with Gasteiger partial charge in [0.25, 0.3) is 5.82 Å². The second-order valence-corrected chi connectivity index (χ2v) is 7.99. The Morgan fingerprint density at radius 3 is 2.58 bits per heavy atom. The smallest absolute Gasteiger partial charge is 0.332 e. The molecule has 0 saturated heterocycles. The van der Waals surface area contributed by atoms with Crippen LogP contribution in [0.1, 0.15) is 22.6 Å². The third-order valence-corrected chi connectivity index (χ3v) is 5.42. The molecule has 0 spiro atoms. The molecule has 0 bridgehead atoms. The Bertz CT molecular complexity index is 1110. The fraction of sp³-hybridized carbons (Fsp3) is 0.182. The number of hydrogen-bond acceptors (Lipinski definition) is 7. The van der Waals surface area contributed by atoms with Crippen molar-refractivity contribution in [2.75, 3.05) is 12.8 Å². The maximum atomic E-state index is 9.45. The van der Waals surface area contributed by atoms with Crippen LogP contribution in [-0.2, 0) is 28.6 Å². The van der Waals surface area contributed by atoms with Gasteiger partial charge in [0.1, 0.15) is 11.3 Å². The SMILES string of the molecule is COP(O)OC[n+]1cccc(-c2cc(Cc3ccc(Cc4ccco4)cc3)no2)c1N. The van der Waals surface area contributed by atoms with Crippen LogP contribution in [0.5, 0.6) is 0 Å². The molecular weight excluding hydrogens is 417 g/mol. The fourth-order valence-corrected chi connectivity index (χ4v) is 3.50. The number of nitrogens with two attached hydrogens (primary N) is 1. The van der Waals surface area contributed by atoms with E-state index in [4.69, 9.17) is 23.7 Å². The second kappa shape index (κ2) is 9.85. The molecule has 4 aromatic rings.